The average Bonchev–Trinajstić information content (AvgIpc) is 3.02. The van der Waals surface area contributed by atoms with E-state index in [9.17, 15) is 0 Å². The maximum Gasteiger partial charge on any atom is 0.238 e. The Labute approximate surface area is 140 Å². The third-order valence-corrected chi connectivity index (χ3v) is 4.77. The second-order valence-electron chi connectivity index (χ2n) is 4.22. The third kappa shape index (κ3) is 2.79. The summed E-state index contributed by atoms with van der Waals surface area (Å²) in [6, 6.07) is 3.31. The van der Waals surface area contributed by atoms with Gasteiger partial charge < -0.3 is 10.1 Å². The molecule has 8 heteroatoms. The zero-order chi connectivity index (χ0) is 15.0. The lowest BCUT2D eigenvalue weighted by molar-refractivity contribution is 0.395. The van der Waals surface area contributed by atoms with Crippen LogP contribution in [-0.4, -0.2) is 16.5 Å². The molecular formula is C13H10Cl3N3OS. The Hall–Kier alpha value is -1.14. The average molecular weight is 363 g/mol. The standard InChI is InChI=1S/C13H10Cl3N3OS/c1-20-12-11(19-2-3-21-13(19)18-12)6-17-10-5-8(15)7(14)4-9(10)16/h2-5,17H,6H2,1H3. The first-order valence-electron chi connectivity index (χ1n) is 5.97. The molecule has 0 bridgehead atoms. The van der Waals surface area contributed by atoms with Crippen molar-refractivity contribution in [2.75, 3.05) is 12.4 Å². The molecule has 3 rings (SSSR count). The summed E-state index contributed by atoms with van der Waals surface area (Å²) in [4.78, 5) is 5.28. The third-order valence-electron chi connectivity index (χ3n) is 2.97. The molecule has 110 valence electrons. The molecule has 0 aliphatic carbocycles. The molecule has 21 heavy (non-hydrogen) atoms. The molecule has 0 aliphatic heterocycles. The molecule has 0 unspecified atom stereocenters. The summed E-state index contributed by atoms with van der Waals surface area (Å²) in [7, 11) is 1.60. The van der Waals surface area contributed by atoms with E-state index in [0.29, 0.717) is 33.2 Å². The summed E-state index contributed by atoms with van der Waals surface area (Å²) in [6.07, 6.45) is 1.95. The minimum Gasteiger partial charge on any atom is -0.480 e. The largest absolute Gasteiger partial charge is 0.480 e. The summed E-state index contributed by atoms with van der Waals surface area (Å²) >= 11 is 19.6. The van der Waals surface area contributed by atoms with Crippen LogP contribution in [0.2, 0.25) is 15.1 Å². The smallest absolute Gasteiger partial charge is 0.238 e. The van der Waals surface area contributed by atoms with Crippen LogP contribution in [0.15, 0.2) is 23.7 Å². The van der Waals surface area contributed by atoms with Gasteiger partial charge in [-0.15, -0.1) is 11.3 Å². The van der Waals surface area contributed by atoms with Crippen molar-refractivity contribution in [1.29, 1.82) is 0 Å². The first-order valence-corrected chi connectivity index (χ1v) is 7.98. The maximum atomic E-state index is 6.16. The topological polar surface area (TPSA) is 38.6 Å². The molecular weight excluding hydrogens is 353 g/mol. The van der Waals surface area contributed by atoms with Crippen molar-refractivity contribution in [3.8, 4) is 5.88 Å². The summed E-state index contributed by atoms with van der Waals surface area (Å²) in [5.41, 5.74) is 1.62. The van der Waals surface area contributed by atoms with E-state index in [1.54, 1.807) is 30.6 Å². The SMILES string of the molecule is COc1nc2sccn2c1CNc1cc(Cl)c(Cl)cc1Cl. The van der Waals surface area contributed by atoms with Gasteiger partial charge in [0.05, 0.1) is 34.4 Å². The van der Waals surface area contributed by atoms with Crippen molar-refractivity contribution < 1.29 is 4.74 Å². The van der Waals surface area contributed by atoms with Crippen molar-refractivity contribution in [1.82, 2.24) is 9.38 Å². The zero-order valence-electron chi connectivity index (χ0n) is 10.9. The highest BCUT2D eigenvalue weighted by atomic mass is 35.5. The van der Waals surface area contributed by atoms with Gasteiger partial charge in [0.1, 0.15) is 5.69 Å². The molecule has 0 atom stereocenters. The fourth-order valence-electron chi connectivity index (χ4n) is 1.97. The lowest BCUT2D eigenvalue weighted by Gasteiger charge is -2.10. The van der Waals surface area contributed by atoms with E-state index in [1.807, 2.05) is 16.0 Å². The first-order chi connectivity index (χ1) is 10.1. The van der Waals surface area contributed by atoms with Gasteiger partial charge in [-0.05, 0) is 12.1 Å². The molecule has 2 aromatic heterocycles. The fourth-order valence-corrected chi connectivity index (χ4v) is 3.31. The molecule has 3 aromatic rings. The number of methoxy groups -OCH3 is 1. The van der Waals surface area contributed by atoms with Crippen molar-refractivity contribution in [2.45, 2.75) is 6.54 Å². The van der Waals surface area contributed by atoms with E-state index >= 15 is 0 Å². The molecule has 0 fully saturated rings. The Kier molecular flexibility index (Phi) is 4.17. The number of nitrogens with zero attached hydrogens (tertiary/aromatic N) is 2. The van der Waals surface area contributed by atoms with Crippen LogP contribution in [0.5, 0.6) is 5.88 Å². The molecule has 4 nitrogen and oxygen atoms in total. The number of thiazole rings is 1. The number of hydrogen-bond acceptors (Lipinski definition) is 4. The Bertz CT molecular complexity index is 799. The molecule has 1 aromatic carbocycles. The molecule has 0 spiro atoms. The van der Waals surface area contributed by atoms with Gasteiger partial charge >= 0.3 is 0 Å². The van der Waals surface area contributed by atoms with Crippen molar-refractivity contribution in [3.63, 3.8) is 0 Å². The molecule has 1 N–H and O–H groups in total. The highest BCUT2D eigenvalue weighted by molar-refractivity contribution is 7.15. The Morgan fingerprint density at radius 2 is 2.00 bits per heavy atom. The number of ether oxygens (including phenoxy) is 1. The Balaban J connectivity index is 1.89. The van der Waals surface area contributed by atoms with Crippen LogP contribution in [0, 0.1) is 0 Å². The van der Waals surface area contributed by atoms with Crippen molar-refractivity contribution >= 4 is 56.8 Å². The second-order valence-corrected chi connectivity index (χ2v) is 6.32. The summed E-state index contributed by atoms with van der Waals surface area (Å²) < 4.78 is 7.28. The first kappa shape index (κ1) is 14.8. The molecule has 0 saturated carbocycles. The molecule has 0 radical (unpaired) electrons. The Morgan fingerprint density at radius 3 is 2.76 bits per heavy atom. The number of benzene rings is 1. The fraction of sp³-hybridized carbons (Fsp3) is 0.154. The lowest BCUT2D eigenvalue weighted by Crippen LogP contribution is -2.04. The number of hydrogen-bond donors (Lipinski definition) is 1. The van der Waals surface area contributed by atoms with Crippen LogP contribution in [-0.2, 0) is 6.54 Å². The summed E-state index contributed by atoms with van der Waals surface area (Å²) in [5.74, 6) is 0.588. The van der Waals surface area contributed by atoms with Gasteiger partial charge in [0.2, 0.25) is 5.88 Å². The van der Waals surface area contributed by atoms with Gasteiger partial charge in [0.15, 0.2) is 4.96 Å². The number of nitrogens with one attached hydrogen (secondary N) is 1. The molecule has 0 aliphatic rings. The monoisotopic (exact) mass is 361 g/mol. The minimum atomic E-state index is 0.425. The predicted octanol–water partition coefficient (Wildman–Crippen LogP) is 4.98. The van der Waals surface area contributed by atoms with E-state index in [1.165, 1.54) is 0 Å². The van der Waals surface area contributed by atoms with Crippen LogP contribution in [0.3, 0.4) is 0 Å². The predicted molar refractivity (Wildman–Crippen MR) is 88.4 cm³/mol. The number of anilines is 1. The van der Waals surface area contributed by atoms with Crippen molar-refractivity contribution in [2.24, 2.45) is 0 Å². The van der Waals surface area contributed by atoms with Crippen LogP contribution < -0.4 is 10.1 Å². The quantitative estimate of drug-likeness (QED) is 0.665. The maximum absolute atomic E-state index is 6.16. The van der Waals surface area contributed by atoms with Gasteiger partial charge in [-0.2, -0.15) is 4.98 Å². The van der Waals surface area contributed by atoms with Gasteiger partial charge in [-0.3, -0.25) is 4.40 Å². The van der Waals surface area contributed by atoms with Crippen LogP contribution in [0.1, 0.15) is 5.69 Å². The molecule has 0 saturated heterocycles. The lowest BCUT2D eigenvalue weighted by atomic mass is 10.3. The van der Waals surface area contributed by atoms with Gasteiger partial charge in [0.25, 0.3) is 0 Å². The molecule has 0 amide bonds. The summed E-state index contributed by atoms with van der Waals surface area (Å²) in [6.45, 7) is 0.499. The van der Waals surface area contributed by atoms with E-state index in [0.717, 1.165) is 10.7 Å². The van der Waals surface area contributed by atoms with Gasteiger partial charge in [-0.25, -0.2) is 0 Å². The van der Waals surface area contributed by atoms with E-state index in [-0.39, 0.29) is 0 Å². The second kappa shape index (κ2) is 5.93. The highest BCUT2D eigenvalue weighted by Crippen LogP contribution is 2.33. The van der Waals surface area contributed by atoms with Crippen LogP contribution >= 0.6 is 46.1 Å². The van der Waals surface area contributed by atoms with Crippen LogP contribution in [0.25, 0.3) is 4.96 Å². The van der Waals surface area contributed by atoms with Gasteiger partial charge in [0, 0.05) is 11.6 Å². The number of halogens is 3. The highest BCUT2D eigenvalue weighted by Gasteiger charge is 2.14. The number of rotatable bonds is 4. The number of fused-ring (bicyclic) bond motifs is 1. The molecule has 2 heterocycles. The normalized spacial score (nSPS) is 11.0. The van der Waals surface area contributed by atoms with Gasteiger partial charge in [-0.1, -0.05) is 34.8 Å². The van der Waals surface area contributed by atoms with E-state index in [4.69, 9.17) is 39.5 Å². The van der Waals surface area contributed by atoms with E-state index in [2.05, 4.69) is 10.3 Å². The zero-order valence-corrected chi connectivity index (χ0v) is 13.9. The minimum absolute atomic E-state index is 0.425. The number of imidazole rings is 1. The number of aromatic nitrogens is 2. The van der Waals surface area contributed by atoms with Crippen molar-refractivity contribution in [3.05, 3.63) is 44.5 Å². The summed E-state index contributed by atoms with van der Waals surface area (Å²) in [5, 5.41) is 6.58. The van der Waals surface area contributed by atoms with E-state index < -0.39 is 0 Å². The van der Waals surface area contributed by atoms with Crippen LogP contribution in [0.4, 0.5) is 5.69 Å². The Morgan fingerprint density at radius 1 is 1.24 bits per heavy atom.